The summed E-state index contributed by atoms with van der Waals surface area (Å²) in [7, 11) is 0. The first-order valence-electron chi connectivity index (χ1n) is 9.28. The van der Waals surface area contributed by atoms with Crippen LogP contribution in [0.4, 0.5) is 0 Å². The van der Waals surface area contributed by atoms with E-state index in [9.17, 15) is 0 Å². The van der Waals surface area contributed by atoms with Crippen LogP contribution in [0.2, 0.25) is 0 Å². The smallest absolute Gasteiger partial charge is 0.0541 e. The quantitative estimate of drug-likeness (QED) is 0.378. The van der Waals surface area contributed by atoms with Gasteiger partial charge in [0, 0.05) is 16.5 Å². The van der Waals surface area contributed by atoms with Crippen molar-refractivity contribution in [2.45, 2.75) is 19.8 Å². The predicted molar refractivity (Wildman–Crippen MR) is 112 cm³/mol. The average molecular weight is 335 g/mol. The van der Waals surface area contributed by atoms with E-state index in [0.29, 0.717) is 0 Å². The minimum Gasteiger partial charge on any atom is -0.309 e. The van der Waals surface area contributed by atoms with Gasteiger partial charge in [-0.1, -0.05) is 60.2 Å². The third kappa shape index (κ3) is 2.40. The summed E-state index contributed by atoms with van der Waals surface area (Å²) in [5, 5.41) is 2.63. The van der Waals surface area contributed by atoms with Gasteiger partial charge in [0.05, 0.1) is 11.0 Å². The van der Waals surface area contributed by atoms with Gasteiger partial charge < -0.3 is 4.57 Å². The number of nitrogens with zero attached hydrogens (tertiary/aromatic N) is 1. The van der Waals surface area contributed by atoms with Crippen molar-refractivity contribution >= 4 is 27.4 Å². The number of para-hydroxylation sites is 1. The maximum Gasteiger partial charge on any atom is 0.0541 e. The number of rotatable bonds is 2. The van der Waals surface area contributed by atoms with Crippen LogP contribution < -0.4 is 0 Å². The fourth-order valence-electron chi connectivity index (χ4n) is 4.00. The molecule has 0 saturated carbocycles. The zero-order valence-electron chi connectivity index (χ0n) is 14.9. The van der Waals surface area contributed by atoms with Crippen LogP contribution in [-0.2, 0) is 0 Å². The van der Waals surface area contributed by atoms with Crippen molar-refractivity contribution in [1.29, 1.82) is 0 Å². The Morgan fingerprint density at radius 2 is 1.58 bits per heavy atom. The molecule has 1 aromatic heterocycles. The molecule has 0 aliphatic heterocycles. The molecule has 4 aromatic rings. The predicted octanol–water partition coefficient (Wildman–Crippen LogP) is 6.83. The first kappa shape index (κ1) is 15.2. The Morgan fingerprint density at radius 1 is 0.769 bits per heavy atom. The summed E-state index contributed by atoms with van der Waals surface area (Å²) in [6.07, 6.45) is 9.13. The summed E-state index contributed by atoms with van der Waals surface area (Å²) in [5.74, 6) is 0. The second-order valence-electron chi connectivity index (χ2n) is 7.06. The Hall–Kier alpha value is -3.06. The van der Waals surface area contributed by atoms with Gasteiger partial charge in [-0.2, -0.15) is 0 Å². The van der Waals surface area contributed by atoms with Gasteiger partial charge in [0.25, 0.3) is 0 Å². The molecule has 0 radical (unpaired) electrons. The van der Waals surface area contributed by atoms with E-state index in [2.05, 4.69) is 96.4 Å². The van der Waals surface area contributed by atoms with Gasteiger partial charge in [0.2, 0.25) is 0 Å². The van der Waals surface area contributed by atoms with Crippen molar-refractivity contribution in [2.75, 3.05) is 0 Å². The lowest BCUT2D eigenvalue weighted by molar-refractivity contribution is 1.04. The van der Waals surface area contributed by atoms with E-state index in [1.165, 1.54) is 44.2 Å². The first-order chi connectivity index (χ1) is 12.8. The van der Waals surface area contributed by atoms with E-state index in [4.69, 9.17) is 0 Å². The summed E-state index contributed by atoms with van der Waals surface area (Å²) >= 11 is 0. The molecule has 0 fully saturated rings. The molecule has 1 heterocycles. The summed E-state index contributed by atoms with van der Waals surface area (Å²) in [6.45, 7) is 2.16. The van der Waals surface area contributed by atoms with E-state index < -0.39 is 0 Å². The standard InChI is InChI=1S/C25H21N/c1-18-11-16-25-23(17-18)22-9-5-6-10-24(22)26(25)21-14-12-20(13-15-21)19-7-3-2-4-8-19/h3,5-17H,2,4H2,1H3. The third-order valence-corrected chi connectivity index (χ3v) is 5.28. The molecule has 0 amide bonds. The Labute approximate surface area is 153 Å². The highest BCUT2D eigenvalue weighted by Gasteiger charge is 2.12. The fourth-order valence-corrected chi connectivity index (χ4v) is 4.00. The lowest BCUT2D eigenvalue weighted by atomic mass is 9.99. The highest BCUT2D eigenvalue weighted by Crippen LogP contribution is 2.33. The van der Waals surface area contributed by atoms with Crippen molar-refractivity contribution in [3.63, 3.8) is 0 Å². The van der Waals surface area contributed by atoms with Gasteiger partial charge in [-0.05, 0) is 61.2 Å². The second kappa shape index (κ2) is 6.03. The van der Waals surface area contributed by atoms with E-state index in [1.54, 1.807) is 0 Å². The summed E-state index contributed by atoms with van der Waals surface area (Å²) < 4.78 is 2.37. The zero-order chi connectivity index (χ0) is 17.5. The Balaban J connectivity index is 1.71. The van der Waals surface area contributed by atoms with E-state index in [1.807, 2.05) is 0 Å². The summed E-state index contributed by atoms with van der Waals surface area (Å²) in [5.41, 5.74) is 7.66. The maximum absolute atomic E-state index is 2.37. The Kier molecular flexibility index (Phi) is 3.53. The minimum atomic E-state index is 1.14. The molecule has 3 aromatic carbocycles. The normalized spacial score (nSPS) is 14.1. The molecule has 1 aliphatic carbocycles. The van der Waals surface area contributed by atoms with Crippen LogP contribution in [0, 0.1) is 6.92 Å². The van der Waals surface area contributed by atoms with Crippen LogP contribution in [0.3, 0.4) is 0 Å². The van der Waals surface area contributed by atoms with Crippen molar-refractivity contribution in [1.82, 2.24) is 4.57 Å². The van der Waals surface area contributed by atoms with E-state index in [-0.39, 0.29) is 0 Å². The lowest BCUT2D eigenvalue weighted by Crippen LogP contribution is -1.94. The maximum atomic E-state index is 2.37. The number of hydrogen-bond donors (Lipinski definition) is 0. The van der Waals surface area contributed by atoms with Crippen molar-refractivity contribution < 1.29 is 0 Å². The third-order valence-electron chi connectivity index (χ3n) is 5.28. The van der Waals surface area contributed by atoms with Crippen LogP contribution in [0.15, 0.2) is 85.0 Å². The summed E-state index contributed by atoms with van der Waals surface area (Å²) in [6, 6.07) is 24.4. The highest BCUT2D eigenvalue weighted by atomic mass is 15.0. The molecule has 1 heteroatoms. The molecule has 126 valence electrons. The molecule has 26 heavy (non-hydrogen) atoms. The number of hydrogen-bond acceptors (Lipinski definition) is 0. The van der Waals surface area contributed by atoms with E-state index >= 15 is 0 Å². The number of benzene rings is 3. The Bertz CT molecular complexity index is 1170. The average Bonchev–Trinajstić information content (AvgIpc) is 3.02. The van der Waals surface area contributed by atoms with Gasteiger partial charge in [-0.3, -0.25) is 0 Å². The SMILES string of the molecule is Cc1ccc2c(c1)c1ccccc1n2-c1ccc(C2=CCCC=C2)cc1. The second-order valence-corrected chi connectivity index (χ2v) is 7.06. The lowest BCUT2D eigenvalue weighted by Gasteiger charge is -2.11. The van der Waals surface area contributed by atoms with Crippen molar-refractivity contribution in [2.24, 2.45) is 0 Å². The minimum absolute atomic E-state index is 1.14. The topological polar surface area (TPSA) is 4.93 Å². The van der Waals surface area contributed by atoms with Crippen LogP contribution in [0.25, 0.3) is 33.1 Å². The fraction of sp³-hybridized carbons (Fsp3) is 0.120. The number of fused-ring (bicyclic) bond motifs is 3. The Morgan fingerprint density at radius 3 is 2.38 bits per heavy atom. The summed E-state index contributed by atoms with van der Waals surface area (Å²) in [4.78, 5) is 0. The molecule has 0 bridgehead atoms. The molecular weight excluding hydrogens is 314 g/mol. The van der Waals surface area contributed by atoms with Gasteiger partial charge in [0.15, 0.2) is 0 Å². The van der Waals surface area contributed by atoms with Crippen LogP contribution >= 0.6 is 0 Å². The largest absolute Gasteiger partial charge is 0.309 e. The van der Waals surface area contributed by atoms with Gasteiger partial charge in [0.1, 0.15) is 0 Å². The molecule has 0 N–H and O–H groups in total. The van der Waals surface area contributed by atoms with Crippen molar-refractivity contribution in [3.05, 3.63) is 96.1 Å². The van der Waals surface area contributed by atoms with Gasteiger partial charge in [-0.25, -0.2) is 0 Å². The number of aryl methyl sites for hydroxylation is 1. The first-order valence-corrected chi connectivity index (χ1v) is 9.28. The monoisotopic (exact) mass is 335 g/mol. The van der Waals surface area contributed by atoms with Crippen LogP contribution in [-0.4, -0.2) is 4.57 Å². The molecule has 0 spiro atoms. The molecule has 0 saturated heterocycles. The molecule has 0 unspecified atom stereocenters. The van der Waals surface area contributed by atoms with Crippen LogP contribution in [0.5, 0.6) is 0 Å². The van der Waals surface area contributed by atoms with Crippen molar-refractivity contribution in [3.8, 4) is 5.69 Å². The van der Waals surface area contributed by atoms with Gasteiger partial charge in [-0.15, -0.1) is 0 Å². The molecule has 1 aliphatic rings. The molecule has 5 rings (SSSR count). The highest BCUT2D eigenvalue weighted by molar-refractivity contribution is 6.09. The molecule has 1 nitrogen and oxygen atoms in total. The number of allylic oxidation sites excluding steroid dienone is 4. The van der Waals surface area contributed by atoms with Gasteiger partial charge >= 0.3 is 0 Å². The van der Waals surface area contributed by atoms with E-state index in [0.717, 1.165) is 12.8 Å². The zero-order valence-corrected chi connectivity index (χ0v) is 14.9. The molecule has 0 atom stereocenters. The molecular formula is C25H21N. The number of aromatic nitrogens is 1. The van der Waals surface area contributed by atoms with Crippen LogP contribution in [0.1, 0.15) is 24.0 Å².